The van der Waals surface area contributed by atoms with Gasteiger partial charge in [-0.25, -0.2) is 0 Å². The van der Waals surface area contributed by atoms with Crippen LogP contribution in [0.3, 0.4) is 0 Å². The van der Waals surface area contributed by atoms with Crippen molar-refractivity contribution in [1.82, 2.24) is 10.2 Å². The largest absolute Gasteiger partial charge is 0.311 e. The number of fused-ring (bicyclic) bond motifs is 2. The van der Waals surface area contributed by atoms with Gasteiger partial charge in [-0.3, -0.25) is 0 Å². The standard InChI is InChI=1S/C15H30N2/c1-11(2)5-6-12(3)17(4)15-9-13-7-8-14(10-15)16-13/h11-16H,5-10H2,1-4H3. The van der Waals surface area contributed by atoms with Crippen LogP contribution in [0.1, 0.15) is 59.3 Å². The van der Waals surface area contributed by atoms with Gasteiger partial charge in [0.15, 0.2) is 0 Å². The third-order valence-electron chi connectivity index (χ3n) is 4.88. The molecule has 2 heteroatoms. The molecular formula is C15H30N2. The van der Waals surface area contributed by atoms with E-state index in [9.17, 15) is 0 Å². The Labute approximate surface area is 107 Å². The van der Waals surface area contributed by atoms with E-state index >= 15 is 0 Å². The molecule has 0 radical (unpaired) electrons. The molecule has 2 saturated heterocycles. The molecule has 2 aliphatic rings. The summed E-state index contributed by atoms with van der Waals surface area (Å²) in [6.07, 6.45) is 8.29. The van der Waals surface area contributed by atoms with Crippen LogP contribution in [0.25, 0.3) is 0 Å². The summed E-state index contributed by atoms with van der Waals surface area (Å²) in [7, 11) is 2.35. The lowest BCUT2D eigenvalue weighted by atomic mass is 9.95. The van der Waals surface area contributed by atoms with E-state index in [1.807, 2.05) is 0 Å². The Morgan fingerprint density at radius 1 is 1.06 bits per heavy atom. The van der Waals surface area contributed by atoms with Crippen LogP contribution < -0.4 is 5.32 Å². The third-order valence-corrected chi connectivity index (χ3v) is 4.88. The summed E-state index contributed by atoms with van der Waals surface area (Å²) in [5.74, 6) is 0.843. The fraction of sp³-hybridized carbons (Fsp3) is 1.00. The highest BCUT2D eigenvalue weighted by molar-refractivity contribution is 4.95. The van der Waals surface area contributed by atoms with E-state index in [0.717, 1.165) is 30.1 Å². The fourth-order valence-corrected chi connectivity index (χ4v) is 3.50. The van der Waals surface area contributed by atoms with Gasteiger partial charge in [-0.2, -0.15) is 0 Å². The molecule has 2 bridgehead atoms. The Balaban J connectivity index is 1.80. The molecule has 1 N–H and O–H groups in total. The van der Waals surface area contributed by atoms with Crippen molar-refractivity contribution >= 4 is 0 Å². The molecule has 0 spiro atoms. The number of rotatable bonds is 5. The zero-order valence-corrected chi connectivity index (χ0v) is 12.1. The van der Waals surface area contributed by atoms with E-state index in [1.165, 1.54) is 38.5 Å². The van der Waals surface area contributed by atoms with Crippen molar-refractivity contribution in [3.05, 3.63) is 0 Å². The molecule has 2 fully saturated rings. The van der Waals surface area contributed by atoms with Crippen LogP contribution in [0.2, 0.25) is 0 Å². The SMILES string of the molecule is CC(C)CCC(C)N(C)C1CC2CCC(C1)N2. The van der Waals surface area contributed by atoms with Crippen LogP contribution in [0.15, 0.2) is 0 Å². The van der Waals surface area contributed by atoms with Gasteiger partial charge in [-0.1, -0.05) is 13.8 Å². The second kappa shape index (κ2) is 5.71. The molecule has 3 unspecified atom stereocenters. The number of hydrogen-bond acceptors (Lipinski definition) is 2. The molecule has 0 saturated carbocycles. The Morgan fingerprint density at radius 3 is 2.18 bits per heavy atom. The fourth-order valence-electron chi connectivity index (χ4n) is 3.50. The quantitative estimate of drug-likeness (QED) is 0.792. The van der Waals surface area contributed by atoms with Gasteiger partial charge in [0.1, 0.15) is 0 Å². The third kappa shape index (κ3) is 3.45. The van der Waals surface area contributed by atoms with Crippen molar-refractivity contribution in [3.63, 3.8) is 0 Å². The van der Waals surface area contributed by atoms with Crippen molar-refractivity contribution in [1.29, 1.82) is 0 Å². The zero-order valence-electron chi connectivity index (χ0n) is 12.1. The van der Waals surface area contributed by atoms with Gasteiger partial charge < -0.3 is 10.2 Å². The lowest BCUT2D eigenvalue weighted by Crippen LogP contribution is -2.49. The summed E-state index contributed by atoms with van der Waals surface area (Å²) >= 11 is 0. The highest BCUT2D eigenvalue weighted by Crippen LogP contribution is 2.30. The maximum absolute atomic E-state index is 3.74. The van der Waals surface area contributed by atoms with Crippen molar-refractivity contribution in [2.75, 3.05) is 7.05 Å². The van der Waals surface area contributed by atoms with Crippen LogP contribution >= 0.6 is 0 Å². The molecule has 0 aliphatic carbocycles. The normalized spacial score (nSPS) is 34.6. The summed E-state index contributed by atoms with van der Waals surface area (Å²) in [4.78, 5) is 2.66. The molecule has 100 valence electrons. The van der Waals surface area contributed by atoms with Crippen molar-refractivity contribution in [2.24, 2.45) is 5.92 Å². The van der Waals surface area contributed by atoms with Crippen molar-refractivity contribution in [2.45, 2.75) is 83.5 Å². The molecule has 2 aliphatic heterocycles. The minimum atomic E-state index is 0.750. The first-order valence-electron chi connectivity index (χ1n) is 7.54. The molecule has 0 aromatic carbocycles. The molecular weight excluding hydrogens is 208 g/mol. The molecule has 0 aromatic heterocycles. The molecule has 2 rings (SSSR count). The second-order valence-electron chi connectivity index (χ2n) is 6.75. The van der Waals surface area contributed by atoms with E-state index < -0.39 is 0 Å². The minimum absolute atomic E-state index is 0.750. The van der Waals surface area contributed by atoms with Gasteiger partial charge in [0, 0.05) is 24.2 Å². The van der Waals surface area contributed by atoms with Gasteiger partial charge in [0.05, 0.1) is 0 Å². The van der Waals surface area contributed by atoms with Crippen LogP contribution in [0.4, 0.5) is 0 Å². The Morgan fingerprint density at radius 2 is 1.65 bits per heavy atom. The van der Waals surface area contributed by atoms with E-state index in [0.29, 0.717) is 0 Å². The van der Waals surface area contributed by atoms with Gasteiger partial charge in [0.25, 0.3) is 0 Å². The first-order valence-corrected chi connectivity index (χ1v) is 7.54. The van der Waals surface area contributed by atoms with Crippen molar-refractivity contribution < 1.29 is 0 Å². The maximum atomic E-state index is 3.74. The van der Waals surface area contributed by atoms with Gasteiger partial charge in [0.2, 0.25) is 0 Å². The Hall–Kier alpha value is -0.0800. The summed E-state index contributed by atoms with van der Waals surface area (Å²) in [5.41, 5.74) is 0. The van der Waals surface area contributed by atoms with Crippen molar-refractivity contribution in [3.8, 4) is 0 Å². The van der Waals surface area contributed by atoms with E-state index in [2.05, 4.69) is 38.0 Å². The van der Waals surface area contributed by atoms with Gasteiger partial charge in [-0.15, -0.1) is 0 Å². The lowest BCUT2D eigenvalue weighted by molar-refractivity contribution is 0.124. The van der Waals surface area contributed by atoms with Crippen LogP contribution in [-0.2, 0) is 0 Å². The summed E-state index contributed by atoms with van der Waals surface area (Å²) in [5, 5.41) is 3.74. The van der Waals surface area contributed by atoms with Gasteiger partial charge in [-0.05, 0) is 58.4 Å². The summed E-state index contributed by atoms with van der Waals surface area (Å²) in [6.45, 7) is 7.07. The predicted octanol–water partition coefficient (Wildman–Crippen LogP) is 3.03. The topological polar surface area (TPSA) is 15.3 Å². The predicted molar refractivity (Wildman–Crippen MR) is 74.3 cm³/mol. The average molecular weight is 238 g/mol. The monoisotopic (exact) mass is 238 g/mol. The van der Waals surface area contributed by atoms with Crippen LogP contribution in [0.5, 0.6) is 0 Å². The first-order chi connectivity index (χ1) is 8.06. The number of nitrogens with zero attached hydrogens (tertiary/aromatic N) is 1. The Kier molecular flexibility index (Phi) is 4.48. The average Bonchev–Trinajstić information content (AvgIpc) is 2.64. The first kappa shape index (κ1) is 13.4. The maximum Gasteiger partial charge on any atom is 0.0125 e. The second-order valence-corrected chi connectivity index (χ2v) is 6.75. The number of piperidine rings is 1. The molecule has 2 heterocycles. The highest BCUT2D eigenvalue weighted by Gasteiger charge is 2.35. The highest BCUT2D eigenvalue weighted by atomic mass is 15.2. The van der Waals surface area contributed by atoms with E-state index in [4.69, 9.17) is 0 Å². The summed E-state index contributed by atoms with van der Waals surface area (Å²) in [6, 6.07) is 3.22. The van der Waals surface area contributed by atoms with Crippen LogP contribution in [-0.4, -0.2) is 36.1 Å². The minimum Gasteiger partial charge on any atom is -0.311 e. The number of nitrogens with one attached hydrogen (secondary N) is 1. The lowest BCUT2D eigenvalue weighted by Gasteiger charge is -2.39. The van der Waals surface area contributed by atoms with E-state index in [-0.39, 0.29) is 0 Å². The molecule has 2 nitrogen and oxygen atoms in total. The van der Waals surface area contributed by atoms with Crippen LogP contribution in [0, 0.1) is 5.92 Å². The molecule has 3 atom stereocenters. The van der Waals surface area contributed by atoms with Gasteiger partial charge >= 0.3 is 0 Å². The molecule has 17 heavy (non-hydrogen) atoms. The zero-order chi connectivity index (χ0) is 12.4. The molecule has 0 amide bonds. The Bertz CT molecular complexity index is 227. The molecule has 0 aromatic rings. The van der Waals surface area contributed by atoms with E-state index in [1.54, 1.807) is 0 Å². The smallest absolute Gasteiger partial charge is 0.0125 e. The number of hydrogen-bond donors (Lipinski definition) is 1. The summed E-state index contributed by atoms with van der Waals surface area (Å²) < 4.78 is 0.